The lowest BCUT2D eigenvalue weighted by atomic mass is 9.94. The number of amides is 2. The molecule has 1 heterocycles. The highest BCUT2D eigenvalue weighted by Crippen LogP contribution is 2.41. The van der Waals surface area contributed by atoms with Crippen molar-refractivity contribution < 1.29 is 18.0 Å². The lowest BCUT2D eigenvalue weighted by Gasteiger charge is -2.32. The van der Waals surface area contributed by atoms with Gasteiger partial charge < -0.3 is 10.2 Å². The Hall–Kier alpha value is -1.11. The molecule has 1 aliphatic carbocycles. The molecule has 1 N–H and O–H groups in total. The first kappa shape index (κ1) is 16.3. The maximum atomic E-state index is 12.7. The molecule has 21 heavy (non-hydrogen) atoms. The minimum atomic E-state index is -3.12. The van der Waals surface area contributed by atoms with Crippen LogP contribution < -0.4 is 5.32 Å². The van der Waals surface area contributed by atoms with Gasteiger partial charge in [-0.25, -0.2) is 8.42 Å². The average molecular weight is 316 g/mol. The summed E-state index contributed by atoms with van der Waals surface area (Å²) in [5.41, 5.74) is -0.859. The minimum absolute atomic E-state index is 0.0263. The zero-order chi connectivity index (χ0) is 15.7. The van der Waals surface area contributed by atoms with Crippen molar-refractivity contribution in [3.8, 4) is 0 Å². The van der Waals surface area contributed by atoms with E-state index in [1.807, 2.05) is 6.92 Å². The zero-order valence-electron chi connectivity index (χ0n) is 12.7. The van der Waals surface area contributed by atoms with Crippen molar-refractivity contribution in [1.82, 2.24) is 10.2 Å². The molecule has 2 amide bonds. The Labute approximate surface area is 126 Å². The van der Waals surface area contributed by atoms with Crippen molar-refractivity contribution in [3.63, 3.8) is 0 Å². The molecule has 0 aromatic carbocycles. The van der Waals surface area contributed by atoms with Gasteiger partial charge in [-0.05, 0) is 32.1 Å². The van der Waals surface area contributed by atoms with E-state index in [9.17, 15) is 18.0 Å². The molecule has 0 bridgehead atoms. The summed E-state index contributed by atoms with van der Waals surface area (Å²) in [5.74, 6) is 0.0363. The van der Waals surface area contributed by atoms with E-state index in [1.54, 1.807) is 11.8 Å². The minimum Gasteiger partial charge on any atom is -0.342 e. The van der Waals surface area contributed by atoms with E-state index in [-0.39, 0.29) is 42.2 Å². The topological polar surface area (TPSA) is 83.6 Å². The Balaban J connectivity index is 2.08. The molecule has 120 valence electrons. The number of nitrogens with one attached hydrogen (secondary N) is 1. The number of sulfone groups is 1. The predicted octanol–water partition coefficient (Wildman–Crippen LogP) is 0.328. The van der Waals surface area contributed by atoms with Gasteiger partial charge in [0.1, 0.15) is 5.54 Å². The van der Waals surface area contributed by atoms with Crippen molar-refractivity contribution in [2.24, 2.45) is 5.92 Å². The summed E-state index contributed by atoms with van der Waals surface area (Å²) in [5, 5.41) is 2.84. The van der Waals surface area contributed by atoms with Gasteiger partial charge in [-0.15, -0.1) is 0 Å². The summed E-state index contributed by atoms with van der Waals surface area (Å²) in [6.45, 7) is 4.07. The molecule has 1 saturated heterocycles. The van der Waals surface area contributed by atoms with Gasteiger partial charge in [0.15, 0.2) is 9.84 Å². The monoisotopic (exact) mass is 316 g/mol. The predicted molar refractivity (Wildman–Crippen MR) is 79.4 cm³/mol. The molecule has 1 aliphatic heterocycles. The standard InChI is InChI=1S/C14H24N2O4S/c1-3-9-21(19,20)10-8-16-7-6-12(17)15-14(2,13(16)18)11-4-5-11/h11H,3-10H2,1-2H3,(H,15,17). The summed E-state index contributed by atoms with van der Waals surface area (Å²) < 4.78 is 23.6. The molecule has 0 aromatic rings. The first-order chi connectivity index (χ1) is 9.78. The SMILES string of the molecule is CCCS(=O)(=O)CCN1CCC(=O)NC(C)(C2CC2)C1=O. The van der Waals surface area contributed by atoms with E-state index in [2.05, 4.69) is 5.32 Å². The van der Waals surface area contributed by atoms with E-state index >= 15 is 0 Å². The molecule has 0 spiro atoms. The highest BCUT2D eigenvalue weighted by Gasteiger charge is 2.51. The number of nitrogens with zero attached hydrogens (tertiary/aromatic N) is 1. The third-order valence-electron chi connectivity index (χ3n) is 4.32. The van der Waals surface area contributed by atoms with Gasteiger partial charge >= 0.3 is 0 Å². The van der Waals surface area contributed by atoms with Crippen LogP contribution in [0.4, 0.5) is 0 Å². The third kappa shape index (κ3) is 3.75. The highest BCUT2D eigenvalue weighted by atomic mass is 32.2. The fourth-order valence-corrected chi connectivity index (χ4v) is 4.21. The van der Waals surface area contributed by atoms with Crippen LogP contribution in [0.3, 0.4) is 0 Å². The molecule has 2 aliphatic rings. The Kier molecular flexibility index (Phi) is 4.60. The zero-order valence-corrected chi connectivity index (χ0v) is 13.5. The molecular formula is C14H24N2O4S. The van der Waals surface area contributed by atoms with Crippen molar-refractivity contribution in [2.75, 3.05) is 24.6 Å². The smallest absolute Gasteiger partial charge is 0.248 e. The van der Waals surface area contributed by atoms with Gasteiger partial charge in [0.2, 0.25) is 11.8 Å². The van der Waals surface area contributed by atoms with Gasteiger partial charge in [0.05, 0.1) is 5.75 Å². The second-order valence-corrected chi connectivity index (χ2v) is 8.52. The van der Waals surface area contributed by atoms with E-state index in [1.165, 1.54) is 0 Å². The van der Waals surface area contributed by atoms with Crippen LogP contribution in [0.15, 0.2) is 0 Å². The first-order valence-corrected chi connectivity index (χ1v) is 9.41. The average Bonchev–Trinajstić information content (AvgIpc) is 3.21. The highest BCUT2D eigenvalue weighted by molar-refractivity contribution is 7.91. The molecule has 7 heteroatoms. The maximum absolute atomic E-state index is 12.7. The summed E-state index contributed by atoms with van der Waals surface area (Å²) >= 11 is 0. The molecule has 1 atom stereocenters. The van der Waals surface area contributed by atoms with Crippen LogP contribution in [0.2, 0.25) is 0 Å². The maximum Gasteiger partial charge on any atom is 0.248 e. The molecular weight excluding hydrogens is 292 g/mol. The van der Waals surface area contributed by atoms with Crippen LogP contribution in [0, 0.1) is 5.92 Å². The number of hydrogen-bond acceptors (Lipinski definition) is 4. The summed E-state index contributed by atoms with van der Waals surface area (Å²) in [6.07, 6.45) is 2.69. The normalized spacial score (nSPS) is 27.4. The quantitative estimate of drug-likeness (QED) is 0.765. The lowest BCUT2D eigenvalue weighted by Crippen LogP contribution is -2.57. The lowest BCUT2D eigenvalue weighted by molar-refractivity contribution is -0.138. The molecule has 2 fully saturated rings. The first-order valence-electron chi connectivity index (χ1n) is 7.59. The molecule has 6 nitrogen and oxygen atoms in total. The largest absolute Gasteiger partial charge is 0.342 e. The number of carbonyl (C=O) groups excluding carboxylic acids is 2. The van der Waals surface area contributed by atoms with E-state index in [0.29, 0.717) is 13.0 Å². The third-order valence-corrected chi connectivity index (χ3v) is 6.16. The van der Waals surface area contributed by atoms with Gasteiger partial charge in [-0.1, -0.05) is 6.92 Å². The van der Waals surface area contributed by atoms with Crippen LogP contribution >= 0.6 is 0 Å². The fourth-order valence-electron chi connectivity index (χ4n) is 2.89. The summed E-state index contributed by atoms with van der Waals surface area (Å²) in [4.78, 5) is 26.0. The van der Waals surface area contributed by atoms with Crippen molar-refractivity contribution >= 4 is 21.7 Å². The molecule has 0 aromatic heterocycles. The number of carbonyl (C=O) groups is 2. The fraction of sp³-hybridized carbons (Fsp3) is 0.857. The van der Waals surface area contributed by atoms with Crippen LogP contribution in [-0.2, 0) is 19.4 Å². The number of rotatable bonds is 6. The Morgan fingerprint density at radius 2 is 1.95 bits per heavy atom. The second-order valence-electron chi connectivity index (χ2n) is 6.22. The van der Waals surface area contributed by atoms with E-state index in [4.69, 9.17) is 0 Å². The molecule has 2 rings (SSSR count). The van der Waals surface area contributed by atoms with Crippen LogP contribution in [0.5, 0.6) is 0 Å². The van der Waals surface area contributed by atoms with Gasteiger partial charge in [-0.2, -0.15) is 0 Å². The number of hydrogen-bond donors (Lipinski definition) is 1. The van der Waals surface area contributed by atoms with Crippen molar-refractivity contribution in [2.45, 2.75) is 45.1 Å². The Bertz CT molecular complexity index is 527. The summed E-state index contributed by atoms with van der Waals surface area (Å²) in [6, 6.07) is 0. The molecule has 0 radical (unpaired) electrons. The van der Waals surface area contributed by atoms with Gasteiger partial charge in [0, 0.05) is 25.3 Å². The molecule has 1 unspecified atom stereocenters. The van der Waals surface area contributed by atoms with Crippen LogP contribution in [0.1, 0.15) is 39.5 Å². The Morgan fingerprint density at radius 1 is 1.29 bits per heavy atom. The van der Waals surface area contributed by atoms with Crippen LogP contribution in [-0.4, -0.2) is 55.3 Å². The van der Waals surface area contributed by atoms with E-state index in [0.717, 1.165) is 12.8 Å². The van der Waals surface area contributed by atoms with Crippen molar-refractivity contribution in [1.29, 1.82) is 0 Å². The van der Waals surface area contributed by atoms with Gasteiger partial charge in [0.25, 0.3) is 0 Å². The van der Waals surface area contributed by atoms with Crippen LogP contribution in [0.25, 0.3) is 0 Å². The van der Waals surface area contributed by atoms with E-state index < -0.39 is 15.4 Å². The second kappa shape index (κ2) is 5.94. The molecule has 1 saturated carbocycles. The van der Waals surface area contributed by atoms with Crippen molar-refractivity contribution in [3.05, 3.63) is 0 Å². The van der Waals surface area contributed by atoms with Gasteiger partial charge in [-0.3, -0.25) is 9.59 Å². The Morgan fingerprint density at radius 3 is 2.52 bits per heavy atom. The summed E-state index contributed by atoms with van der Waals surface area (Å²) in [7, 11) is -3.12.